The Bertz CT molecular complexity index is 687. The zero-order valence-corrected chi connectivity index (χ0v) is 11.9. The molecule has 5 nitrogen and oxygen atoms in total. The Hall–Kier alpha value is -2.82. The van der Waals surface area contributed by atoms with Crippen molar-refractivity contribution >= 4 is 17.4 Å². The van der Waals surface area contributed by atoms with E-state index in [1.165, 1.54) is 24.1 Å². The highest BCUT2D eigenvalue weighted by molar-refractivity contribution is 6.01. The minimum atomic E-state index is -0.293. The smallest absolute Gasteiger partial charge is 0.326 e. The SMILES string of the molecule is COc1ccc(NC(=O)N(C)c2ccccc2)ccc1=O. The van der Waals surface area contributed by atoms with Crippen LogP contribution in [0, 0.1) is 0 Å². The molecule has 0 heterocycles. The first kappa shape index (κ1) is 14.6. The number of hydrogen-bond acceptors (Lipinski definition) is 3. The number of para-hydroxylation sites is 1. The standard InChI is InChI=1S/C16H16N2O3/c1-18(13-6-4-3-5-7-13)16(20)17-12-8-10-14(19)15(21-2)11-9-12/h3-11H,1-2H3,(H,17,20). The van der Waals surface area contributed by atoms with Gasteiger partial charge in [-0.05, 0) is 36.4 Å². The summed E-state index contributed by atoms with van der Waals surface area (Å²) < 4.78 is 4.95. The molecule has 1 N–H and O–H groups in total. The van der Waals surface area contributed by atoms with Crippen LogP contribution in [0.1, 0.15) is 0 Å². The summed E-state index contributed by atoms with van der Waals surface area (Å²) in [7, 11) is 3.10. The number of amides is 2. The van der Waals surface area contributed by atoms with Crippen LogP contribution >= 0.6 is 0 Å². The van der Waals surface area contributed by atoms with Crippen molar-refractivity contribution in [2.24, 2.45) is 0 Å². The fourth-order valence-electron chi connectivity index (χ4n) is 1.78. The molecule has 0 bridgehead atoms. The molecular formula is C16H16N2O3. The first-order valence-corrected chi connectivity index (χ1v) is 6.40. The second-order valence-electron chi connectivity index (χ2n) is 4.38. The third-order valence-electron chi connectivity index (χ3n) is 2.99. The third kappa shape index (κ3) is 3.60. The maximum Gasteiger partial charge on any atom is 0.326 e. The number of anilines is 2. The predicted molar refractivity (Wildman–Crippen MR) is 83.1 cm³/mol. The van der Waals surface area contributed by atoms with Crippen molar-refractivity contribution in [1.82, 2.24) is 0 Å². The van der Waals surface area contributed by atoms with Crippen LogP contribution in [0.25, 0.3) is 0 Å². The Morgan fingerprint density at radius 3 is 2.38 bits per heavy atom. The molecule has 0 spiro atoms. The molecule has 2 aromatic carbocycles. The lowest BCUT2D eigenvalue weighted by atomic mass is 10.3. The van der Waals surface area contributed by atoms with Gasteiger partial charge < -0.3 is 10.1 Å². The fraction of sp³-hybridized carbons (Fsp3) is 0.125. The van der Waals surface area contributed by atoms with E-state index in [4.69, 9.17) is 4.74 Å². The van der Waals surface area contributed by atoms with E-state index in [-0.39, 0.29) is 17.2 Å². The van der Waals surface area contributed by atoms with Gasteiger partial charge in [0.1, 0.15) is 0 Å². The quantitative estimate of drug-likeness (QED) is 0.942. The van der Waals surface area contributed by atoms with Gasteiger partial charge in [0.2, 0.25) is 5.43 Å². The second kappa shape index (κ2) is 6.56. The molecule has 0 saturated heterocycles. The number of ether oxygens (including phenoxy) is 1. The summed E-state index contributed by atoms with van der Waals surface area (Å²) in [4.78, 5) is 25.2. The first-order chi connectivity index (χ1) is 10.1. The van der Waals surface area contributed by atoms with Crippen molar-refractivity contribution in [3.05, 3.63) is 64.8 Å². The minimum Gasteiger partial charge on any atom is -0.493 e. The molecule has 0 aliphatic heterocycles. The van der Waals surface area contributed by atoms with E-state index < -0.39 is 0 Å². The van der Waals surface area contributed by atoms with Gasteiger partial charge in [0.05, 0.1) is 7.11 Å². The molecule has 2 amide bonds. The maximum absolute atomic E-state index is 12.2. The molecule has 0 saturated carbocycles. The number of carbonyl (C=O) groups is 1. The number of urea groups is 1. The maximum atomic E-state index is 12.2. The second-order valence-corrected chi connectivity index (χ2v) is 4.38. The minimum absolute atomic E-state index is 0.229. The van der Waals surface area contributed by atoms with Crippen molar-refractivity contribution in [2.75, 3.05) is 24.4 Å². The zero-order valence-electron chi connectivity index (χ0n) is 11.9. The third-order valence-corrected chi connectivity index (χ3v) is 2.99. The normalized spacial score (nSPS) is 9.81. The zero-order chi connectivity index (χ0) is 15.2. The number of rotatable bonds is 3. The largest absolute Gasteiger partial charge is 0.493 e. The molecule has 5 heteroatoms. The molecule has 2 aromatic rings. The first-order valence-electron chi connectivity index (χ1n) is 6.40. The van der Waals surface area contributed by atoms with E-state index in [2.05, 4.69) is 5.32 Å². The molecule has 108 valence electrons. The monoisotopic (exact) mass is 284 g/mol. The lowest BCUT2D eigenvalue weighted by molar-refractivity contribution is 0.258. The summed E-state index contributed by atoms with van der Waals surface area (Å²) in [6, 6.07) is 15.0. The van der Waals surface area contributed by atoms with E-state index in [1.807, 2.05) is 30.3 Å². The summed E-state index contributed by atoms with van der Waals surface area (Å²) >= 11 is 0. The number of carbonyl (C=O) groups excluding carboxylic acids is 1. The van der Waals surface area contributed by atoms with Crippen LogP contribution in [0.5, 0.6) is 5.75 Å². The van der Waals surface area contributed by atoms with Gasteiger partial charge in [-0.1, -0.05) is 18.2 Å². The van der Waals surface area contributed by atoms with Gasteiger partial charge in [0, 0.05) is 18.4 Å². The van der Waals surface area contributed by atoms with Gasteiger partial charge >= 0.3 is 6.03 Å². The van der Waals surface area contributed by atoms with Crippen molar-refractivity contribution in [1.29, 1.82) is 0 Å². The lowest BCUT2D eigenvalue weighted by Crippen LogP contribution is -2.30. The Kier molecular flexibility index (Phi) is 4.56. The van der Waals surface area contributed by atoms with E-state index in [9.17, 15) is 9.59 Å². The van der Waals surface area contributed by atoms with Crippen molar-refractivity contribution in [3.8, 4) is 5.75 Å². The summed E-state index contributed by atoms with van der Waals surface area (Å²) in [5.74, 6) is 0.229. The van der Waals surface area contributed by atoms with Crippen LogP contribution in [0.3, 0.4) is 0 Å². The highest BCUT2D eigenvalue weighted by atomic mass is 16.5. The van der Waals surface area contributed by atoms with Crippen LogP contribution in [0.2, 0.25) is 0 Å². The fourth-order valence-corrected chi connectivity index (χ4v) is 1.78. The van der Waals surface area contributed by atoms with Crippen molar-refractivity contribution in [2.45, 2.75) is 0 Å². The average molecular weight is 284 g/mol. The van der Waals surface area contributed by atoms with E-state index in [0.29, 0.717) is 5.69 Å². The highest BCUT2D eigenvalue weighted by Crippen LogP contribution is 2.14. The van der Waals surface area contributed by atoms with Gasteiger partial charge in [0.25, 0.3) is 0 Å². The van der Waals surface area contributed by atoms with E-state index in [1.54, 1.807) is 19.2 Å². The highest BCUT2D eigenvalue weighted by Gasteiger charge is 2.10. The Labute approximate surface area is 122 Å². The molecule has 0 fully saturated rings. The Balaban J connectivity index is 2.17. The molecule has 0 unspecified atom stereocenters. The van der Waals surface area contributed by atoms with Gasteiger partial charge in [-0.2, -0.15) is 0 Å². The van der Waals surface area contributed by atoms with Crippen molar-refractivity contribution in [3.63, 3.8) is 0 Å². The summed E-state index contributed by atoms with van der Waals surface area (Å²) in [5, 5.41) is 2.73. The Morgan fingerprint density at radius 1 is 1.05 bits per heavy atom. The van der Waals surface area contributed by atoms with Crippen LogP contribution in [0.4, 0.5) is 16.2 Å². The molecule has 0 aliphatic rings. The summed E-state index contributed by atoms with van der Waals surface area (Å²) in [6.07, 6.45) is 0. The van der Waals surface area contributed by atoms with E-state index in [0.717, 1.165) is 5.69 Å². The van der Waals surface area contributed by atoms with Crippen LogP contribution in [-0.4, -0.2) is 20.2 Å². The van der Waals surface area contributed by atoms with Crippen LogP contribution < -0.4 is 20.4 Å². The topological polar surface area (TPSA) is 58.6 Å². The molecule has 0 radical (unpaired) electrons. The van der Waals surface area contributed by atoms with Gasteiger partial charge in [0.15, 0.2) is 5.75 Å². The van der Waals surface area contributed by atoms with Gasteiger partial charge in [-0.25, -0.2) is 4.79 Å². The number of methoxy groups -OCH3 is 1. The lowest BCUT2D eigenvalue weighted by Gasteiger charge is -2.17. The number of nitrogens with one attached hydrogen (secondary N) is 1. The number of benzene rings is 1. The summed E-state index contributed by atoms with van der Waals surface area (Å²) in [5.41, 5.74) is 1.05. The van der Waals surface area contributed by atoms with Gasteiger partial charge in [-0.3, -0.25) is 9.69 Å². The molecule has 0 atom stereocenters. The average Bonchev–Trinajstić information content (AvgIpc) is 2.69. The van der Waals surface area contributed by atoms with Gasteiger partial charge in [-0.15, -0.1) is 0 Å². The predicted octanol–water partition coefficient (Wildman–Crippen LogP) is 2.72. The number of nitrogens with zero attached hydrogens (tertiary/aromatic N) is 1. The van der Waals surface area contributed by atoms with Crippen molar-refractivity contribution < 1.29 is 9.53 Å². The van der Waals surface area contributed by atoms with Crippen LogP contribution in [-0.2, 0) is 0 Å². The Morgan fingerprint density at radius 2 is 1.71 bits per heavy atom. The molecule has 21 heavy (non-hydrogen) atoms. The molecule has 0 aliphatic carbocycles. The van der Waals surface area contributed by atoms with E-state index >= 15 is 0 Å². The van der Waals surface area contributed by atoms with Crippen LogP contribution in [0.15, 0.2) is 59.4 Å². The number of hydrogen-bond donors (Lipinski definition) is 1. The molecular weight excluding hydrogens is 268 g/mol. The summed E-state index contributed by atoms with van der Waals surface area (Å²) in [6.45, 7) is 0. The molecule has 2 rings (SSSR count). The molecule has 0 aromatic heterocycles.